The molecule has 0 aliphatic rings. The van der Waals surface area contributed by atoms with Gasteiger partial charge < -0.3 is 15.5 Å². The van der Waals surface area contributed by atoms with Crippen LogP contribution in [0, 0.1) is 0 Å². The van der Waals surface area contributed by atoms with Crippen LogP contribution in [0.15, 0.2) is 48.7 Å². The van der Waals surface area contributed by atoms with E-state index in [1.54, 1.807) is 24.5 Å². The van der Waals surface area contributed by atoms with Crippen molar-refractivity contribution in [2.45, 2.75) is 20.3 Å². The maximum absolute atomic E-state index is 12.6. The van der Waals surface area contributed by atoms with E-state index in [9.17, 15) is 9.59 Å². The molecule has 4 rings (SSSR count). The van der Waals surface area contributed by atoms with Crippen LogP contribution in [0.5, 0.6) is 0 Å². The van der Waals surface area contributed by atoms with E-state index in [-0.39, 0.29) is 11.8 Å². The molecule has 8 heteroatoms. The van der Waals surface area contributed by atoms with Gasteiger partial charge in [0.1, 0.15) is 0 Å². The molecule has 2 aromatic carbocycles. The molecule has 0 saturated heterocycles. The Labute approximate surface area is 197 Å². The zero-order chi connectivity index (χ0) is 23.4. The molecule has 0 spiro atoms. The Kier molecular flexibility index (Phi) is 7.05. The number of imidazole rings is 1. The van der Waals surface area contributed by atoms with Crippen molar-refractivity contribution in [3.05, 3.63) is 59.8 Å². The number of nitrogens with one attached hydrogen (secondary N) is 2. The molecular weight excluding hydrogens is 434 g/mol. The smallest absolute Gasteiger partial charge is 0.251 e. The second-order valence-corrected chi connectivity index (χ2v) is 8.87. The summed E-state index contributed by atoms with van der Waals surface area (Å²) in [6.07, 6.45) is 2.91. The van der Waals surface area contributed by atoms with Crippen molar-refractivity contribution in [1.82, 2.24) is 24.9 Å². The number of hydrogen-bond acceptors (Lipinski definition) is 5. The van der Waals surface area contributed by atoms with Crippen molar-refractivity contribution >= 4 is 38.3 Å². The molecule has 172 valence electrons. The average Bonchev–Trinajstić information content (AvgIpc) is 3.41. The van der Waals surface area contributed by atoms with Crippen molar-refractivity contribution in [1.29, 1.82) is 0 Å². The first-order chi connectivity index (χ1) is 16.0. The van der Waals surface area contributed by atoms with Gasteiger partial charge in [0.25, 0.3) is 11.8 Å². The number of amides is 2. The van der Waals surface area contributed by atoms with E-state index in [0.29, 0.717) is 17.7 Å². The van der Waals surface area contributed by atoms with Crippen LogP contribution in [0.4, 0.5) is 0 Å². The third kappa shape index (κ3) is 4.91. The number of rotatable bonds is 9. The van der Waals surface area contributed by atoms with Gasteiger partial charge in [-0.15, -0.1) is 0 Å². The Morgan fingerprint density at radius 3 is 2.61 bits per heavy atom. The molecule has 33 heavy (non-hydrogen) atoms. The van der Waals surface area contributed by atoms with E-state index >= 15 is 0 Å². The lowest BCUT2D eigenvalue weighted by atomic mass is 10.1. The van der Waals surface area contributed by atoms with E-state index in [4.69, 9.17) is 4.98 Å². The number of carbonyl (C=O) groups excluding carboxylic acids is 2. The molecule has 0 aliphatic heterocycles. The number of aromatic nitrogens is 2. The molecule has 7 nitrogen and oxygen atoms in total. The molecule has 4 aromatic rings. The summed E-state index contributed by atoms with van der Waals surface area (Å²) in [5, 5.41) is 5.68. The number of thiazole rings is 1. The highest BCUT2D eigenvalue weighted by atomic mass is 32.1. The largest absolute Gasteiger partial charge is 0.355 e. The molecule has 0 unspecified atom stereocenters. The molecular formula is C25H29N5O2S. The molecule has 2 N–H and O–H groups in total. The fourth-order valence-corrected chi connectivity index (χ4v) is 4.94. The lowest BCUT2D eigenvalue weighted by Gasteiger charge is -2.17. The quantitative estimate of drug-likeness (QED) is 0.367. The Morgan fingerprint density at radius 1 is 1.06 bits per heavy atom. The highest BCUT2D eigenvalue weighted by Crippen LogP contribution is 2.30. The normalized spacial score (nSPS) is 11.4. The first-order valence-corrected chi connectivity index (χ1v) is 12.1. The summed E-state index contributed by atoms with van der Waals surface area (Å²) in [6, 6.07) is 13.2. The van der Waals surface area contributed by atoms with E-state index in [1.165, 1.54) is 0 Å². The van der Waals surface area contributed by atoms with Gasteiger partial charge in [0.15, 0.2) is 4.96 Å². The Morgan fingerprint density at radius 2 is 1.85 bits per heavy atom. The van der Waals surface area contributed by atoms with Gasteiger partial charge in [-0.05, 0) is 56.4 Å². The third-order valence-electron chi connectivity index (χ3n) is 5.84. The summed E-state index contributed by atoms with van der Waals surface area (Å²) in [5.74, 6) is -0.170. The first-order valence-electron chi connectivity index (χ1n) is 11.3. The van der Waals surface area contributed by atoms with E-state index < -0.39 is 0 Å². The monoisotopic (exact) mass is 463 g/mol. The van der Waals surface area contributed by atoms with Gasteiger partial charge in [0, 0.05) is 36.5 Å². The fraction of sp³-hybridized carbons (Fsp3) is 0.320. The molecule has 2 heterocycles. The van der Waals surface area contributed by atoms with Crippen molar-refractivity contribution in [3.8, 4) is 11.3 Å². The minimum absolute atomic E-state index is 0.0470. The summed E-state index contributed by atoms with van der Waals surface area (Å²) < 4.78 is 3.05. The molecule has 0 bridgehead atoms. The molecule has 0 aliphatic carbocycles. The lowest BCUT2D eigenvalue weighted by Crippen LogP contribution is -2.29. The fourth-order valence-electron chi connectivity index (χ4n) is 3.89. The van der Waals surface area contributed by atoms with Crippen LogP contribution in [-0.2, 0) is 0 Å². The highest BCUT2D eigenvalue weighted by Gasteiger charge is 2.14. The van der Waals surface area contributed by atoms with Crippen LogP contribution in [0.2, 0.25) is 0 Å². The van der Waals surface area contributed by atoms with Crippen LogP contribution in [-0.4, -0.2) is 59.3 Å². The zero-order valence-corrected chi connectivity index (χ0v) is 20.0. The van der Waals surface area contributed by atoms with Crippen LogP contribution < -0.4 is 10.6 Å². The minimum Gasteiger partial charge on any atom is -0.355 e. The van der Waals surface area contributed by atoms with Gasteiger partial charge in [-0.1, -0.05) is 37.3 Å². The van der Waals surface area contributed by atoms with Crippen LogP contribution in [0.25, 0.3) is 26.4 Å². The Bertz CT molecular complexity index is 1290. The number of nitrogens with zero attached hydrogens (tertiary/aromatic N) is 3. The van der Waals surface area contributed by atoms with Crippen LogP contribution >= 0.6 is 11.3 Å². The molecule has 2 amide bonds. The molecule has 0 atom stereocenters. The number of benzene rings is 2. The van der Waals surface area contributed by atoms with Gasteiger partial charge in [0.2, 0.25) is 0 Å². The maximum Gasteiger partial charge on any atom is 0.251 e. The summed E-state index contributed by atoms with van der Waals surface area (Å²) in [6.45, 7) is 8.02. The van der Waals surface area contributed by atoms with E-state index in [0.717, 1.165) is 52.5 Å². The van der Waals surface area contributed by atoms with Crippen LogP contribution in [0.3, 0.4) is 0 Å². The SMILES string of the molecule is CCN(CC)CCCNC(=O)c1ccc2c(c1)sc1nc(-c3cccc(C(=O)NC)c3)cn12. The first kappa shape index (κ1) is 22.9. The minimum atomic E-state index is -0.123. The second-order valence-electron chi connectivity index (χ2n) is 7.86. The van der Waals surface area contributed by atoms with Crippen molar-refractivity contribution < 1.29 is 9.59 Å². The van der Waals surface area contributed by atoms with Crippen LogP contribution in [0.1, 0.15) is 41.0 Å². The third-order valence-corrected chi connectivity index (χ3v) is 6.85. The lowest BCUT2D eigenvalue weighted by molar-refractivity contribution is 0.0947. The summed E-state index contributed by atoms with van der Waals surface area (Å²) in [5.41, 5.74) is 3.97. The van der Waals surface area contributed by atoms with E-state index in [1.807, 2.05) is 47.0 Å². The topological polar surface area (TPSA) is 78.7 Å². The van der Waals surface area contributed by atoms with Crippen molar-refractivity contribution in [2.75, 3.05) is 33.2 Å². The molecule has 0 radical (unpaired) electrons. The summed E-state index contributed by atoms with van der Waals surface area (Å²) in [7, 11) is 1.62. The number of fused-ring (bicyclic) bond motifs is 3. The van der Waals surface area contributed by atoms with Gasteiger partial charge in [-0.2, -0.15) is 0 Å². The second kappa shape index (κ2) is 10.1. The molecule has 2 aromatic heterocycles. The van der Waals surface area contributed by atoms with Crippen molar-refractivity contribution in [3.63, 3.8) is 0 Å². The predicted molar refractivity (Wildman–Crippen MR) is 134 cm³/mol. The van der Waals surface area contributed by atoms with Gasteiger partial charge in [0.05, 0.1) is 15.9 Å². The Balaban J connectivity index is 1.50. The van der Waals surface area contributed by atoms with E-state index in [2.05, 4.69) is 29.4 Å². The van der Waals surface area contributed by atoms with Crippen molar-refractivity contribution in [2.24, 2.45) is 0 Å². The molecule has 0 saturated carbocycles. The maximum atomic E-state index is 12.6. The van der Waals surface area contributed by atoms with Gasteiger partial charge in [-0.25, -0.2) is 4.98 Å². The molecule has 0 fully saturated rings. The Hall–Kier alpha value is -3.23. The summed E-state index contributed by atoms with van der Waals surface area (Å²) in [4.78, 5) is 32.5. The average molecular weight is 464 g/mol. The predicted octanol–water partition coefficient (Wildman–Crippen LogP) is 4.04. The highest BCUT2D eigenvalue weighted by molar-refractivity contribution is 7.23. The van der Waals surface area contributed by atoms with Gasteiger partial charge >= 0.3 is 0 Å². The number of hydrogen-bond donors (Lipinski definition) is 2. The number of carbonyl (C=O) groups is 2. The zero-order valence-electron chi connectivity index (χ0n) is 19.2. The van der Waals surface area contributed by atoms with Gasteiger partial charge in [-0.3, -0.25) is 14.0 Å². The summed E-state index contributed by atoms with van der Waals surface area (Å²) >= 11 is 1.55. The standard InChI is InChI=1S/C25H29N5O2S/c1-4-29(5-2)13-7-12-27-24(32)19-10-11-21-22(15-19)33-25-28-20(16-30(21)25)17-8-6-9-18(14-17)23(31)26-3/h6,8-11,14-16H,4-5,7,12-13H2,1-3H3,(H,26,31)(H,27,32).